The van der Waals surface area contributed by atoms with Gasteiger partial charge in [0.2, 0.25) is 10.0 Å². The van der Waals surface area contributed by atoms with Crippen LogP contribution in [0.2, 0.25) is 0 Å². The molecule has 0 aromatic carbocycles. The van der Waals surface area contributed by atoms with Crippen LogP contribution in [0.5, 0.6) is 0 Å². The second kappa shape index (κ2) is 5.25. The van der Waals surface area contributed by atoms with Crippen LogP contribution in [0.3, 0.4) is 0 Å². The first-order valence-electron chi connectivity index (χ1n) is 5.53. The summed E-state index contributed by atoms with van der Waals surface area (Å²) in [7, 11) is -3.14. The Hall–Kier alpha value is 0.220. The molecule has 0 bridgehead atoms. The molecule has 1 heterocycles. The lowest BCUT2D eigenvalue weighted by atomic mass is 10.1. The largest absolute Gasteiger partial charge is 0.311 e. The Bertz CT molecular complexity index is 328. The van der Waals surface area contributed by atoms with E-state index < -0.39 is 15.6 Å². The number of nitrogens with one attached hydrogen (secondary N) is 2. The normalized spacial score (nSPS) is 27.2. The summed E-state index contributed by atoms with van der Waals surface area (Å²) >= 11 is 1.97. The minimum atomic E-state index is -3.14. The zero-order valence-electron chi connectivity index (χ0n) is 10.4. The van der Waals surface area contributed by atoms with Crippen molar-refractivity contribution in [2.45, 2.75) is 44.0 Å². The maximum absolute atomic E-state index is 11.2. The third-order valence-electron chi connectivity index (χ3n) is 2.64. The highest BCUT2D eigenvalue weighted by molar-refractivity contribution is 8.00. The molecule has 0 aromatic rings. The summed E-state index contributed by atoms with van der Waals surface area (Å²) in [6.45, 7) is 6.67. The van der Waals surface area contributed by atoms with Crippen molar-refractivity contribution in [2.24, 2.45) is 0 Å². The molecule has 0 aliphatic carbocycles. The summed E-state index contributed by atoms with van der Waals surface area (Å²) in [5.41, 5.74) is -0.430. The lowest BCUT2D eigenvalue weighted by Gasteiger charge is -2.28. The van der Waals surface area contributed by atoms with Crippen LogP contribution in [0, 0.1) is 0 Å². The van der Waals surface area contributed by atoms with E-state index in [2.05, 4.69) is 17.0 Å². The zero-order chi connectivity index (χ0) is 12.4. The Labute approximate surface area is 103 Å². The highest BCUT2D eigenvalue weighted by Gasteiger charge is 2.27. The summed E-state index contributed by atoms with van der Waals surface area (Å²) in [5, 5.41) is 4.07. The standard InChI is InChI=1S/C10H22N2O2S2/c1-8-9(5-6-15-8)11-7-10(2,3)12-16(4,13)14/h8-9,11-12H,5-7H2,1-4H3. The molecule has 16 heavy (non-hydrogen) atoms. The third kappa shape index (κ3) is 5.03. The average Bonchev–Trinajstić information content (AvgIpc) is 2.43. The first-order valence-corrected chi connectivity index (χ1v) is 8.47. The quantitative estimate of drug-likeness (QED) is 0.773. The van der Waals surface area contributed by atoms with Crippen molar-refractivity contribution >= 4 is 21.8 Å². The highest BCUT2D eigenvalue weighted by atomic mass is 32.2. The lowest BCUT2D eigenvalue weighted by Crippen LogP contribution is -2.52. The van der Waals surface area contributed by atoms with Crippen molar-refractivity contribution in [3.8, 4) is 0 Å². The summed E-state index contributed by atoms with van der Waals surface area (Å²) < 4.78 is 25.0. The van der Waals surface area contributed by atoms with Crippen LogP contribution in [-0.4, -0.2) is 43.8 Å². The van der Waals surface area contributed by atoms with Gasteiger partial charge in [0.1, 0.15) is 0 Å². The van der Waals surface area contributed by atoms with Crippen molar-refractivity contribution in [1.82, 2.24) is 10.0 Å². The van der Waals surface area contributed by atoms with Gasteiger partial charge in [-0.05, 0) is 26.0 Å². The first kappa shape index (κ1) is 14.3. The van der Waals surface area contributed by atoms with Crippen molar-refractivity contribution in [3.63, 3.8) is 0 Å². The first-order chi connectivity index (χ1) is 7.20. The number of thioether (sulfide) groups is 1. The molecule has 1 aliphatic heterocycles. The molecule has 2 N–H and O–H groups in total. The second-order valence-corrected chi connectivity index (χ2v) is 8.34. The third-order valence-corrected chi connectivity index (χ3v) is 4.89. The average molecular weight is 266 g/mol. The molecule has 2 atom stereocenters. The zero-order valence-corrected chi connectivity index (χ0v) is 12.0. The number of hydrogen-bond donors (Lipinski definition) is 2. The van der Waals surface area contributed by atoms with Crippen molar-refractivity contribution < 1.29 is 8.42 Å². The van der Waals surface area contributed by atoms with Gasteiger partial charge in [-0.1, -0.05) is 6.92 Å². The Balaban J connectivity index is 2.41. The Morgan fingerprint density at radius 2 is 2.06 bits per heavy atom. The molecule has 0 spiro atoms. The van der Waals surface area contributed by atoms with Crippen LogP contribution in [0.4, 0.5) is 0 Å². The van der Waals surface area contributed by atoms with Gasteiger partial charge in [0.15, 0.2) is 0 Å². The van der Waals surface area contributed by atoms with Crippen LogP contribution in [-0.2, 0) is 10.0 Å². The van der Waals surface area contributed by atoms with Crippen molar-refractivity contribution in [1.29, 1.82) is 0 Å². The predicted molar refractivity (Wildman–Crippen MR) is 70.4 cm³/mol. The Morgan fingerprint density at radius 3 is 2.50 bits per heavy atom. The van der Waals surface area contributed by atoms with E-state index in [0.717, 1.165) is 0 Å². The van der Waals surface area contributed by atoms with Gasteiger partial charge in [0.25, 0.3) is 0 Å². The summed E-state index contributed by atoms with van der Waals surface area (Å²) in [6, 6.07) is 0.505. The lowest BCUT2D eigenvalue weighted by molar-refractivity contribution is 0.386. The van der Waals surface area contributed by atoms with E-state index in [1.807, 2.05) is 25.6 Å². The maximum Gasteiger partial charge on any atom is 0.209 e. The fourth-order valence-corrected chi connectivity index (χ4v) is 4.23. The number of rotatable bonds is 5. The van der Waals surface area contributed by atoms with Gasteiger partial charge < -0.3 is 5.32 Å². The molecule has 1 saturated heterocycles. The van der Waals surface area contributed by atoms with Gasteiger partial charge in [0, 0.05) is 23.4 Å². The maximum atomic E-state index is 11.2. The summed E-state index contributed by atoms with van der Waals surface area (Å²) in [4.78, 5) is 0. The van der Waals surface area contributed by atoms with Crippen molar-refractivity contribution in [2.75, 3.05) is 18.6 Å². The number of sulfonamides is 1. The molecule has 0 aromatic heterocycles. The van der Waals surface area contributed by atoms with Crippen LogP contribution in [0.15, 0.2) is 0 Å². The van der Waals surface area contributed by atoms with Crippen LogP contribution in [0.1, 0.15) is 27.2 Å². The summed E-state index contributed by atoms with van der Waals surface area (Å²) in [6.07, 6.45) is 2.36. The molecule has 1 rings (SSSR count). The molecule has 2 unspecified atom stereocenters. The molecule has 96 valence electrons. The van der Waals surface area contributed by atoms with Crippen LogP contribution in [0.25, 0.3) is 0 Å². The van der Waals surface area contributed by atoms with Crippen molar-refractivity contribution in [3.05, 3.63) is 0 Å². The second-order valence-electron chi connectivity index (χ2n) is 5.11. The Kier molecular flexibility index (Phi) is 4.68. The van der Waals surface area contributed by atoms with E-state index in [1.54, 1.807) is 0 Å². The fraction of sp³-hybridized carbons (Fsp3) is 1.00. The number of hydrogen-bond acceptors (Lipinski definition) is 4. The SMILES string of the molecule is CC1SCCC1NCC(C)(C)NS(C)(=O)=O. The molecular weight excluding hydrogens is 244 g/mol. The molecule has 6 heteroatoms. The van der Waals surface area contributed by atoms with Gasteiger partial charge in [-0.25, -0.2) is 13.1 Å². The molecular formula is C10H22N2O2S2. The van der Waals surface area contributed by atoms with Gasteiger partial charge in [0.05, 0.1) is 6.26 Å². The smallest absolute Gasteiger partial charge is 0.209 e. The molecule has 0 radical (unpaired) electrons. The van der Waals surface area contributed by atoms with E-state index in [4.69, 9.17) is 0 Å². The molecule has 1 fully saturated rings. The minimum Gasteiger partial charge on any atom is -0.311 e. The molecule has 4 nitrogen and oxygen atoms in total. The van der Waals surface area contributed by atoms with E-state index in [-0.39, 0.29) is 0 Å². The van der Waals surface area contributed by atoms with E-state index in [1.165, 1.54) is 18.4 Å². The van der Waals surface area contributed by atoms with Gasteiger partial charge in [-0.15, -0.1) is 0 Å². The van der Waals surface area contributed by atoms with Gasteiger partial charge >= 0.3 is 0 Å². The van der Waals surface area contributed by atoms with Crippen LogP contribution < -0.4 is 10.0 Å². The molecule has 0 saturated carbocycles. The topological polar surface area (TPSA) is 58.2 Å². The van der Waals surface area contributed by atoms with E-state index in [9.17, 15) is 8.42 Å². The predicted octanol–water partition coefficient (Wildman–Crippen LogP) is 0.798. The fourth-order valence-electron chi connectivity index (χ4n) is 1.92. The van der Waals surface area contributed by atoms with E-state index in [0.29, 0.717) is 17.8 Å². The summed E-state index contributed by atoms with van der Waals surface area (Å²) in [5.74, 6) is 1.19. The Morgan fingerprint density at radius 1 is 1.44 bits per heavy atom. The minimum absolute atomic E-state index is 0.430. The van der Waals surface area contributed by atoms with Crippen LogP contribution >= 0.6 is 11.8 Å². The van der Waals surface area contributed by atoms with Gasteiger partial charge in [-0.2, -0.15) is 11.8 Å². The van der Waals surface area contributed by atoms with Gasteiger partial charge in [-0.3, -0.25) is 0 Å². The highest BCUT2D eigenvalue weighted by Crippen LogP contribution is 2.26. The van der Waals surface area contributed by atoms with E-state index >= 15 is 0 Å². The molecule has 1 aliphatic rings. The molecule has 0 amide bonds. The monoisotopic (exact) mass is 266 g/mol.